The highest BCUT2D eigenvalue weighted by Crippen LogP contribution is 2.21. The van der Waals surface area contributed by atoms with Crippen molar-refractivity contribution >= 4 is 35.0 Å². The molecular formula is C20H22N8O. The van der Waals surface area contributed by atoms with Gasteiger partial charge >= 0.3 is 0 Å². The van der Waals surface area contributed by atoms with E-state index in [0.717, 1.165) is 49.3 Å². The number of carbonyl (C=O) groups excluding carboxylic acids is 1. The fourth-order valence-corrected chi connectivity index (χ4v) is 3.18. The molecule has 29 heavy (non-hydrogen) atoms. The minimum atomic E-state index is -0.111. The van der Waals surface area contributed by atoms with Crippen LogP contribution in [0, 0.1) is 0 Å². The Labute approximate surface area is 168 Å². The molecule has 0 radical (unpaired) electrons. The Morgan fingerprint density at radius 2 is 1.62 bits per heavy atom. The first-order chi connectivity index (χ1) is 14.2. The Hall–Kier alpha value is -3.75. The summed E-state index contributed by atoms with van der Waals surface area (Å²) < 4.78 is 0. The Morgan fingerprint density at radius 3 is 2.38 bits per heavy atom. The Kier molecular flexibility index (Phi) is 5.46. The van der Waals surface area contributed by atoms with Gasteiger partial charge in [-0.3, -0.25) is 4.79 Å². The maximum Gasteiger partial charge on any atom is 0.229 e. The summed E-state index contributed by atoms with van der Waals surface area (Å²) in [7, 11) is 0. The zero-order chi connectivity index (χ0) is 20.1. The van der Waals surface area contributed by atoms with Crippen LogP contribution in [0.25, 0.3) is 0 Å². The van der Waals surface area contributed by atoms with Gasteiger partial charge < -0.3 is 20.4 Å². The first-order valence-corrected chi connectivity index (χ1v) is 9.42. The molecule has 0 spiro atoms. The summed E-state index contributed by atoms with van der Waals surface area (Å²) in [5, 5.41) is 5.97. The van der Waals surface area contributed by atoms with Gasteiger partial charge in [0.1, 0.15) is 5.82 Å². The quantitative estimate of drug-likeness (QED) is 0.685. The zero-order valence-electron chi connectivity index (χ0n) is 16.1. The predicted molar refractivity (Wildman–Crippen MR) is 113 cm³/mol. The van der Waals surface area contributed by atoms with E-state index in [9.17, 15) is 4.79 Å². The summed E-state index contributed by atoms with van der Waals surface area (Å²) in [6, 6.07) is 11.2. The molecule has 1 amide bonds. The molecule has 2 N–H and O–H groups in total. The van der Waals surface area contributed by atoms with E-state index in [1.54, 1.807) is 18.6 Å². The topological polar surface area (TPSA) is 99.2 Å². The number of rotatable bonds is 5. The van der Waals surface area contributed by atoms with Crippen molar-refractivity contribution in [1.82, 2.24) is 19.9 Å². The lowest BCUT2D eigenvalue weighted by Crippen LogP contribution is -2.47. The summed E-state index contributed by atoms with van der Waals surface area (Å²) in [5.74, 6) is 2.03. The molecule has 0 unspecified atom stereocenters. The molecule has 0 saturated carbocycles. The maximum absolute atomic E-state index is 11.2. The van der Waals surface area contributed by atoms with Gasteiger partial charge in [-0.15, -0.1) is 0 Å². The van der Waals surface area contributed by atoms with Crippen molar-refractivity contribution in [2.45, 2.75) is 6.92 Å². The minimum Gasteiger partial charge on any atom is -0.353 e. The Balaban J connectivity index is 1.41. The fourth-order valence-electron chi connectivity index (χ4n) is 3.18. The van der Waals surface area contributed by atoms with Crippen molar-refractivity contribution in [1.29, 1.82) is 0 Å². The van der Waals surface area contributed by atoms with E-state index in [4.69, 9.17) is 0 Å². The highest BCUT2D eigenvalue weighted by molar-refractivity contribution is 5.89. The summed E-state index contributed by atoms with van der Waals surface area (Å²) >= 11 is 0. The SMILES string of the molecule is CC(=O)Nc1cccc(Nc2nccc(N3CCN(c4ncccn4)CC3)n2)c1. The van der Waals surface area contributed by atoms with Crippen molar-refractivity contribution < 1.29 is 4.79 Å². The average Bonchev–Trinajstić information content (AvgIpc) is 2.74. The summed E-state index contributed by atoms with van der Waals surface area (Å²) in [6.07, 6.45) is 5.27. The molecule has 1 aliphatic rings. The van der Waals surface area contributed by atoms with Gasteiger partial charge in [0.05, 0.1) is 0 Å². The molecule has 1 saturated heterocycles. The van der Waals surface area contributed by atoms with Crippen LogP contribution in [0.4, 0.5) is 29.1 Å². The van der Waals surface area contributed by atoms with Gasteiger partial charge in [-0.25, -0.2) is 15.0 Å². The van der Waals surface area contributed by atoms with Crippen molar-refractivity contribution in [2.75, 3.05) is 46.6 Å². The molecule has 1 aromatic carbocycles. The van der Waals surface area contributed by atoms with Gasteiger partial charge in [-0.2, -0.15) is 4.98 Å². The second-order valence-electron chi connectivity index (χ2n) is 6.65. The van der Waals surface area contributed by atoms with E-state index < -0.39 is 0 Å². The molecule has 148 valence electrons. The van der Waals surface area contributed by atoms with Crippen LogP contribution >= 0.6 is 0 Å². The number of carbonyl (C=O) groups is 1. The second kappa shape index (κ2) is 8.51. The number of amides is 1. The lowest BCUT2D eigenvalue weighted by Gasteiger charge is -2.35. The van der Waals surface area contributed by atoms with E-state index in [0.29, 0.717) is 5.95 Å². The third-order valence-corrected chi connectivity index (χ3v) is 4.52. The van der Waals surface area contributed by atoms with Crippen LogP contribution in [-0.4, -0.2) is 52.0 Å². The number of aromatic nitrogens is 4. The van der Waals surface area contributed by atoms with Crippen molar-refractivity contribution in [2.24, 2.45) is 0 Å². The van der Waals surface area contributed by atoms with Crippen LogP contribution in [0.3, 0.4) is 0 Å². The number of nitrogens with one attached hydrogen (secondary N) is 2. The molecule has 0 aliphatic carbocycles. The number of nitrogens with zero attached hydrogens (tertiary/aromatic N) is 6. The van der Waals surface area contributed by atoms with Gasteiger partial charge in [0.15, 0.2) is 0 Å². The third-order valence-electron chi connectivity index (χ3n) is 4.52. The lowest BCUT2D eigenvalue weighted by atomic mass is 10.2. The maximum atomic E-state index is 11.2. The normalized spacial score (nSPS) is 13.8. The van der Waals surface area contributed by atoms with Crippen LogP contribution < -0.4 is 20.4 Å². The monoisotopic (exact) mass is 390 g/mol. The van der Waals surface area contributed by atoms with E-state index in [2.05, 4.69) is 40.4 Å². The molecule has 0 bridgehead atoms. The molecule has 1 fully saturated rings. The third kappa shape index (κ3) is 4.75. The Morgan fingerprint density at radius 1 is 0.897 bits per heavy atom. The molecular weight excluding hydrogens is 368 g/mol. The van der Waals surface area contributed by atoms with E-state index in [-0.39, 0.29) is 5.91 Å². The number of hydrogen-bond donors (Lipinski definition) is 2. The largest absolute Gasteiger partial charge is 0.353 e. The lowest BCUT2D eigenvalue weighted by molar-refractivity contribution is -0.114. The average molecular weight is 390 g/mol. The van der Waals surface area contributed by atoms with E-state index in [1.807, 2.05) is 36.4 Å². The number of anilines is 5. The molecule has 3 aromatic rings. The molecule has 2 aromatic heterocycles. The summed E-state index contributed by atoms with van der Waals surface area (Å²) in [6.45, 7) is 4.79. The first-order valence-electron chi connectivity index (χ1n) is 9.42. The number of hydrogen-bond acceptors (Lipinski definition) is 8. The van der Waals surface area contributed by atoms with Crippen LogP contribution in [0.1, 0.15) is 6.92 Å². The van der Waals surface area contributed by atoms with Crippen molar-refractivity contribution in [3.63, 3.8) is 0 Å². The van der Waals surface area contributed by atoms with Gasteiger partial charge in [0, 0.05) is 63.1 Å². The summed E-state index contributed by atoms with van der Waals surface area (Å²) in [5.41, 5.74) is 1.53. The standard InChI is InChI=1S/C20H22N8O/c1-15(29)24-16-4-2-5-17(14-16)25-19-21-9-6-18(26-19)27-10-12-28(13-11-27)20-22-7-3-8-23-20/h2-9,14H,10-13H2,1H3,(H,24,29)(H,21,25,26). The van der Waals surface area contributed by atoms with Crippen LogP contribution in [0.2, 0.25) is 0 Å². The zero-order valence-corrected chi connectivity index (χ0v) is 16.1. The second-order valence-corrected chi connectivity index (χ2v) is 6.65. The van der Waals surface area contributed by atoms with E-state index >= 15 is 0 Å². The van der Waals surface area contributed by atoms with Gasteiger partial charge in [0.25, 0.3) is 0 Å². The van der Waals surface area contributed by atoms with Crippen LogP contribution in [0.5, 0.6) is 0 Å². The first kappa shape index (κ1) is 18.6. The highest BCUT2D eigenvalue weighted by Gasteiger charge is 2.20. The molecule has 9 nitrogen and oxygen atoms in total. The molecule has 9 heteroatoms. The smallest absolute Gasteiger partial charge is 0.229 e. The molecule has 4 rings (SSSR count). The molecule has 1 aliphatic heterocycles. The summed E-state index contributed by atoms with van der Waals surface area (Å²) in [4.78, 5) is 33.2. The van der Waals surface area contributed by atoms with Crippen molar-refractivity contribution in [3.05, 3.63) is 55.0 Å². The van der Waals surface area contributed by atoms with Gasteiger partial charge in [-0.1, -0.05) is 6.07 Å². The molecule has 3 heterocycles. The fraction of sp³-hybridized carbons (Fsp3) is 0.250. The Bertz CT molecular complexity index is 973. The van der Waals surface area contributed by atoms with Gasteiger partial charge in [0.2, 0.25) is 17.8 Å². The minimum absolute atomic E-state index is 0.111. The van der Waals surface area contributed by atoms with Gasteiger partial charge in [-0.05, 0) is 30.3 Å². The predicted octanol–water partition coefficient (Wildman–Crippen LogP) is 2.30. The number of benzene rings is 1. The highest BCUT2D eigenvalue weighted by atomic mass is 16.1. The number of piperazine rings is 1. The van der Waals surface area contributed by atoms with Crippen LogP contribution in [0.15, 0.2) is 55.0 Å². The van der Waals surface area contributed by atoms with E-state index in [1.165, 1.54) is 6.92 Å². The van der Waals surface area contributed by atoms with Crippen molar-refractivity contribution in [3.8, 4) is 0 Å². The van der Waals surface area contributed by atoms with Crippen LogP contribution in [-0.2, 0) is 4.79 Å². The molecule has 0 atom stereocenters.